The number of fused-ring (bicyclic) bond motifs is 1. The molecule has 0 bridgehead atoms. The van der Waals surface area contributed by atoms with Crippen molar-refractivity contribution < 1.29 is 9.90 Å². The zero-order chi connectivity index (χ0) is 22.3. The summed E-state index contributed by atoms with van der Waals surface area (Å²) in [5.74, 6) is 0.997. The molecular weight excluding hydrogens is 392 g/mol. The molecule has 0 radical (unpaired) electrons. The summed E-state index contributed by atoms with van der Waals surface area (Å²) >= 11 is 0. The molecule has 2 heterocycles. The molecule has 1 saturated carbocycles. The molecule has 0 saturated heterocycles. The maximum absolute atomic E-state index is 12.4. The predicted octanol–water partition coefficient (Wildman–Crippen LogP) is 3.14. The smallest absolute Gasteiger partial charge is 0.251 e. The number of aryl methyl sites for hydroxylation is 1. The van der Waals surface area contributed by atoms with E-state index in [4.69, 9.17) is 10.7 Å². The van der Waals surface area contributed by atoms with Crippen molar-refractivity contribution in [2.75, 3.05) is 11.1 Å². The van der Waals surface area contributed by atoms with Crippen molar-refractivity contribution in [3.8, 4) is 11.1 Å². The van der Waals surface area contributed by atoms with Crippen LogP contribution in [0.1, 0.15) is 56.0 Å². The molecule has 1 atom stereocenters. The number of nitrogens with zero attached hydrogens (tertiary/aromatic N) is 3. The molecule has 1 aromatic carbocycles. The molecule has 1 amide bonds. The van der Waals surface area contributed by atoms with Crippen LogP contribution in [0.2, 0.25) is 0 Å². The fourth-order valence-corrected chi connectivity index (χ4v) is 3.80. The van der Waals surface area contributed by atoms with E-state index < -0.39 is 5.60 Å². The molecule has 2 aromatic heterocycles. The minimum absolute atomic E-state index is 0.0301. The number of benzene rings is 1. The molecule has 8 nitrogen and oxygen atoms in total. The molecule has 0 spiro atoms. The predicted molar refractivity (Wildman–Crippen MR) is 122 cm³/mol. The number of carbonyl (C=O) groups is 1. The summed E-state index contributed by atoms with van der Waals surface area (Å²) in [7, 11) is 0. The lowest BCUT2D eigenvalue weighted by Crippen LogP contribution is -2.41. The molecule has 1 fully saturated rings. The Kier molecular flexibility index (Phi) is 5.35. The average Bonchev–Trinajstić information content (AvgIpc) is 3.40. The third kappa shape index (κ3) is 4.34. The molecule has 31 heavy (non-hydrogen) atoms. The van der Waals surface area contributed by atoms with E-state index in [1.807, 2.05) is 32.0 Å². The van der Waals surface area contributed by atoms with E-state index >= 15 is 0 Å². The number of rotatable bonds is 7. The van der Waals surface area contributed by atoms with E-state index in [1.165, 1.54) is 0 Å². The Morgan fingerprint density at radius 1 is 1.35 bits per heavy atom. The molecule has 0 aliphatic heterocycles. The van der Waals surface area contributed by atoms with Crippen LogP contribution in [0.5, 0.6) is 0 Å². The van der Waals surface area contributed by atoms with Gasteiger partial charge in [-0.05, 0) is 57.2 Å². The van der Waals surface area contributed by atoms with Gasteiger partial charge in [-0.15, -0.1) is 0 Å². The number of amides is 1. The minimum atomic E-state index is -0.908. The Bertz CT molecular complexity index is 1130. The van der Waals surface area contributed by atoms with Crippen LogP contribution in [-0.4, -0.2) is 43.3 Å². The van der Waals surface area contributed by atoms with Crippen molar-refractivity contribution in [1.29, 1.82) is 0 Å². The summed E-state index contributed by atoms with van der Waals surface area (Å²) in [6.45, 7) is 7.47. The number of carbonyl (C=O) groups excluding carboxylic acids is 1. The van der Waals surface area contributed by atoms with Crippen molar-refractivity contribution in [3.05, 3.63) is 41.6 Å². The van der Waals surface area contributed by atoms with Gasteiger partial charge in [0, 0.05) is 23.2 Å². The first-order valence-electron chi connectivity index (χ1n) is 10.7. The minimum Gasteiger partial charge on any atom is -0.388 e. The number of hydrogen-bond donors (Lipinski definition) is 4. The highest BCUT2D eigenvalue weighted by atomic mass is 16.3. The van der Waals surface area contributed by atoms with E-state index in [0.29, 0.717) is 28.9 Å². The zero-order valence-corrected chi connectivity index (χ0v) is 18.4. The molecule has 4 rings (SSSR count). The summed E-state index contributed by atoms with van der Waals surface area (Å²) in [5, 5.41) is 21.1. The van der Waals surface area contributed by atoms with Gasteiger partial charge in [0.15, 0.2) is 5.65 Å². The number of nitrogens with two attached hydrogens (primary N) is 1. The normalized spacial score (nSPS) is 15.1. The number of hydrogen-bond acceptors (Lipinski definition) is 6. The Morgan fingerprint density at radius 3 is 2.71 bits per heavy atom. The first-order valence-corrected chi connectivity index (χ1v) is 10.7. The van der Waals surface area contributed by atoms with Crippen LogP contribution in [0.4, 0.5) is 11.6 Å². The topological polar surface area (TPSA) is 118 Å². The second kappa shape index (κ2) is 7.85. The van der Waals surface area contributed by atoms with E-state index in [9.17, 15) is 9.90 Å². The number of nitrogens with one attached hydrogen (secondary N) is 2. The summed E-state index contributed by atoms with van der Waals surface area (Å²) in [6, 6.07) is 7.59. The van der Waals surface area contributed by atoms with Crippen molar-refractivity contribution in [3.63, 3.8) is 0 Å². The molecule has 1 unspecified atom stereocenters. The number of aromatic nitrogens is 3. The van der Waals surface area contributed by atoms with E-state index in [-0.39, 0.29) is 11.9 Å². The molecule has 8 heteroatoms. The SMILES string of the molecule is CCC(Nc1cc(N)n2ncc(-c3ccc(C(=O)NC4CC4)c(C)c3)c2n1)C(C)(C)O. The lowest BCUT2D eigenvalue weighted by atomic mass is 9.97. The van der Waals surface area contributed by atoms with Crippen LogP contribution in [0.15, 0.2) is 30.5 Å². The first-order chi connectivity index (χ1) is 14.7. The van der Waals surface area contributed by atoms with Crippen molar-refractivity contribution in [1.82, 2.24) is 19.9 Å². The van der Waals surface area contributed by atoms with Crippen LogP contribution < -0.4 is 16.4 Å². The quantitative estimate of drug-likeness (QED) is 0.465. The van der Waals surface area contributed by atoms with Gasteiger partial charge >= 0.3 is 0 Å². The second-order valence-corrected chi connectivity index (χ2v) is 8.90. The van der Waals surface area contributed by atoms with E-state index in [2.05, 4.69) is 15.7 Å². The average molecular weight is 423 g/mol. The Hall–Kier alpha value is -3.13. The fraction of sp³-hybridized carbons (Fsp3) is 0.435. The van der Waals surface area contributed by atoms with Crippen LogP contribution in [0, 0.1) is 6.92 Å². The van der Waals surface area contributed by atoms with E-state index in [1.54, 1.807) is 30.6 Å². The van der Waals surface area contributed by atoms with E-state index in [0.717, 1.165) is 36.0 Å². The highest BCUT2D eigenvalue weighted by molar-refractivity contribution is 5.97. The van der Waals surface area contributed by atoms with Gasteiger partial charge in [-0.25, -0.2) is 4.98 Å². The van der Waals surface area contributed by atoms with Gasteiger partial charge in [-0.3, -0.25) is 4.79 Å². The standard InChI is InChI=1S/C23H30N6O2/c1-5-18(23(3,4)31)27-20-11-19(24)29-21(28-20)17(12-25-29)14-6-9-16(13(2)10-14)22(30)26-15-7-8-15/h6,9-12,15,18,31H,5,7-8,24H2,1-4H3,(H,26,30)(H,27,28). The van der Waals surface area contributed by atoms with Crippen LogP contribution >= 0.6 is 0 Å². The molecule has 164 valence electrons. The zero-order valence-electron chi connectivity index (χ0n) is 18.4. The maximum atomic E-state index is 12.4. The molecule has 1 aliphatic carbocycles. The van der Waals surface area contributed by atoms with Gasteiger partial charge < -0.3 is 21.5 Å². The maximum Gasteiger partial charge on any atom is 0.251 e. The van der Waals surface area contributed by atoms with Crippen LogP contribution in [0.3, 0.4) is 0 Å². The van der Waals surface area contributed by atoms with Gasteiger partial charge in [0.05, 0.1) is 17.8 Å². The molecule has 5 N–H and O–H groups in total. The molecule has 1 aliphatic rings. The summed E-state index contributed by atoms with van der Waals surface area (Å²) in [5.41, 5.74) is 9.24. The van der Waals surface area contributed by atoms with Crippen LogP contribution in [0.25, 0.3) is 16.8 Å². The van der Waals surface area contributed by atoms with Crippen molar-refractivity contribution in [2.24, 2.45) is 0 Å². The van der Waals surface area contributed by atoms with Gasteiger partial charge in [0.25, 0.3) is 5.91 Å². The number of anilines is 2. The third-order valence-electron chi connectivity index (χ3n) is 5.78. The number of aliphatic hydroxyl groups is 1. The molecular formula is C23H30N6O2. The Morgan fingerprint density at radius 2 is 2.10 bits per heavy atom. The highest BCUT2D eigenvalue weighted by Crippen LogP contribution is 2.29. The molecule has 3 aromatic rings. The summed E-state index contributed by atoms with van der Waals surface area (Å²) in [4.78, 5) is 17.2. The van der Waals surface area contributed by atoms with Crippen LogP contribution in [-0.2, 0) is 0 Å². The summed E-state index contributed by atoms with van der Waals surface area (Å²) < 4.78 is 1.59. The van der Waals surface area contributed by atoms with Gasteiger partial charge in [-0.2, -0.15) is 9.61 Å². The number of nitrogen functional groups attached to an aromatic ring is 1. The third-order valence-corrected chi connectivity index (χ3v) is 5.78. The Balaban J connectivity index is 1.68. The lowest BCUT2D eigenvalue weighted by Gasteiger charge is -2.29. The second-order valence-electron chi connectivity index (χ2n) is 8.90. The van der Waals surface area contributed by atoms with Gasteiger partial charge in [0.1, 0.15) is 11.6 Å². The van der Waals surface area contributed by atoms with Gasteiger partial charge in [0.2, 0.25) is 0 Å². The Labute approximate surface area is 181 Å². The van der Waals surface area contributed by atoms with Crippen molar-refractivity contribution >= 4 is 23.2 Å². The van der Waals surface area contributed by atoms with Crippen molar-refractivity contribution in [2.45, 2.75) is 64.6 Å². The lowest BCUT2D eigenvalue weighted by molar-refractivity contribution is 0.0578. The highest BCUT2D eigenvalue weighted by Gasteiger charge is 2.26. The largest absolute Gasteiger partial charge is 0.388 e. The fourth-order valence-electron chi connectivity index (χ4n) is 3.80. The van der Waals surface area contributed by atoms with Gasteiger partial charge in [-0.1, -0.05) is 19.1 Å². The summed E-state index contributed by atoms with van der Waals surface area (Å²) in [6.07, 6.45) is 4.57. The monoisotopic (exact) mass is 422 g/mol. The first kappa shape index (κ1) is 21.1.